The van der Waals surface area contributed by atoms with E-state index in [0.717, 1.165) is 25.0 Å². The first-order valence-corrected chi connectivity index (χ1v) is 10.9. The number of hydrogen-bond acceptors (Lipinski definition) is 7. The summed E-state index contributed by atoms with van der Waals surface area (Å²) in [5.74, 6) is 0.0370. The van der Waals surface area contributed by atoms with Crippen LogP contribution in [0.3, 0.4) is 0 Å². The van der Waals surface area contributed by atoms with Crippen LogP contribution in [-0.2, 0) is 12.8 Å². The molecule has 2 heterocycles. The molecule has 1 N–H and O–H groups in total. The predicted molar refractivity (Wildman–Crippen MR) is 119 cm³/mol. The maximum Gasteiger partial charge on any atom is 0.279 e. The average Bonchev–Trinajstić information content (AvgIpc) is 3.46. The molecule has 1 unspecified atom stereocenters. The molecule has 1 aliphatic rings. The van der Waals surface area contributed by atoms with Crippen molar-refractivity contribution in [2.75, 3.05) is 5.32 Å². The first-order chi connectivity index (χ1) is 15.6. The molecule has 0 radical (unpaired) electrons. The summed E-state index contributed by atoms with van der Waals surface area (Å²) in [4.78, 5) is 28.9. The van der Waals surface area contributed by atoms with E-state index in [-0.39, 0.29) is 11.4 Å². The fraction of sp³-hybridized carbons (Fsp3) is 0.182. The number of carbonyl (C=O) groups is 1. The number of nitro benzene ring substituents is 1. The summed E-state index contributed by atoms with van der Waals surface area (Å²) >= 11 is 1.49. The van der Waals surface area contributed by atoms with Crippen molar-refractivity contribution in [2.24, 2.45) is 0 Å². The summed E-state index contributed by atoms with van der Waals surface area (Å²) < 4.78 is 1.33. The van der Waals surface area contributed by atoms with Gasteiger partial charge in [-0.15, -0.1) is 16.4 Å². The molecule has 1 amide bonds. The number of nitro groups is 1. The van der Waals surface area contributed by atoms with Gasteiger partial charge < -0.3 is 0 Å². The number of carbonyl (C=O) groups excluding carboxylic acids is 1. The summed E-state index contributed by atoms with van der Waals surface area (Å²) in [6.07, 6.45) is 4.26. The molecular weight excluding hydrogens is 428 g/mol. The Hall–Kier alpha value is -3.92. The van der Waals surface area contributed by atoms with Crippen LogP contribution in [0.15, 0.2) is 60.8 Å². The van der Waals surface area contributed by atoms with Crippen LogP contribution in [-0.4, -0.2) is 30.8 Å². The zero-order valence-electron chi connectivity index (χ0n) is 16.8. The Bertz CT molecular complexity index is 1300. The van der Waals surface area contributed by atoms with Gasteiger partial charge in [0.15, 0.2) is 10.8 Å². The first-order valence-electron chi connectivity index (χ1n) is 10.1. The standard InChI is InChI=1S/C22H18N6O3S/c29-21(19-13-27(26-25-19)16-7-4-8-17(12-16)28(30)31)24-22-23-18-10-9-15(11-20(18)32-22)14-5-2-1-3-6-14/h1-8,12-13,15H,9-11H2,(H,23,24,29). The monoisotopic (exact) mass is 446 g/mol. The molecule has 4 aromatic rings. The molecule has 0 saturated carbocycles. The first kappa shape index (κ1) is 20.0. The SMILES string of the molecule is O=C(Nc1nc2c(s1)CC(c1ccccc1)CC2)c1cn(-c2cccc([N+](=O)[O-])c2)nn1. The lowest BCUT2D eigenvalue weighted by Gasteiger charge is -2.21. The summed E-state index contributed by atoms with van der Waals surface area (Å²) in [7, 11) is 0. The fourth-order valence-corrected chi connectivity index (χ4v) is 4.93. The lowest BCUT2D eigenvalue weighted by Crippen LogP contribution is -2.12. The molecule has 0 aliphatic heterocycles. The van der Waals surface area contributed by atoms with Crippen LogP contribution in [0.5, 0.6) is 0 Å². The number of anilines is 1. The van der Waals surface area contributed by atoms with E-state index < -0.39 is 10.8 Å². The van der Waals surface area contributed by atoms with Crippen molar-refractivity contribution < 1.29 is 9.72 Å². The Kier molecular flexibility index (Phi) is 5.20. The highest BCUT2D eigenvalue weighted by Gasteiger charge is 2.24. The molecule has 1 atom stereocenters. The number of aromatic nitrogens is 4. The van der Waals surface area contributed by atoms with Crippen molar-refractivity contribution in [3.8, 4) is 5.69 Å². The molecule has 0 saturated heterocycles. The second kappa shape index (κ2) is 8.31. The van der Waals surface area contributed by atoms with Gasteiger partial charge in [-0.2, -0.15) is 0 Å². The Balaban J connectivity index is 1.29. The maximum atomic E-state index is 12.7. The van der Waals surface area contributed by atoms with Gasteiger partial charge in [0.05, 0.1) is 22.5 Å². The average molecular weight is 446 g/mol. The number of aryl methyl sites for hydroxylation is 1. The third kappa shape index (κ3) is 4.00. The molecule has 5 rings (SSSR count). The normalized spacial score (nSPS) is 15.2. The highest BCUT2D eigenvalue weighted by atomic mass is 32.1. The van der Waals surface area contributed by atoms with E-state index in [0.29, 0.717) is 16.7 Å². The molecule has 9 nitrogen and oxygen atoms in total. The molecule has 2 aromatic heterocycles. The van der Waals surface area contributed by atoms with E-state index in [4.69, 9.17) is 0 Å². The highest BCUT2D eigenvalue weighted by Crippen LogP contribution is 2.37. The Morgan fingerprint density at radius 1 is 1.19 bits per heavy atom. The number of nitrogens with zero attached hydrogens (tertiary/aromatic N) is 5. The predicted octanol–water partition coefficient (Wildman–Crippen LogP) is 4.16. The second-order valence-electron chi connectivity index (χ2n) is 7.52. The zero-order chi connectivity index (χ0) is 22.1. The Morgan fingerprint density at radius 3 is 2.84 bits per heavy atom. The lowest BCUT2D eigenvalue weighted by atomic mass is 9.85. The highest BCUT2D eigenvalue weighted by molar-refractivity contribution is 7.15. The van der Waals surface area contributed by atoms with Crippen LogP contribution in [0.4, 0.5) is 10.8 Å². The second-order valence-corrected chi connectivity index (χ2v) is 8.60. The summed E-state index contributed by atoms with van der Waals surface area (Å²) in [6.45, 7) is 0. The largest absolute Gasteiger partial charge is 0.296 e. The van der Waals surface area contributed by atoms with E-state index in [2.05, 4.69) is 44.9 Å². The minimum atomic E-state index is -0.485. The number of benzene rings is 2. The molecule has 0 fully saturated rings. The summed E-state index contributed by atoms with van der Waals surface area (Å²) in [6, 6.07) is 16.4. The van der Waals surface area contributed by atoms with Crippen molar-refractivity contribution in [3.63, 3.8) is 0 Å². The maximum absolute atomic E-state index is 12.7. The molecule has 160 valence electrons. The van der Waals surface area contributed by atoms with Gasteiger partial charge in [-0.05, 0) is 36.8 Å². The van der Waals surface area contributed by atoms with E-state index in [1.807, 2.05) is 6.07 Å². The van der Waals surface area contributed by atoms with Gasteiger partial charge in [-0.1, -0.05) is 41.6 Å². The van der Waals surface area contributed by atoms with Crippen molar-refractivity contribution >= 4 is 28.1 Å². The third-order valence-electron chi connectivity index (χ3n) is 5.46. The van der Waals surface area contributed by atoms with E-state index in [1.165, 1.54) is 44.8 Å². The zero-order valence-corrected chi connectivity index (χ0v) is 17.7. The molecule has 10 heteroatoms. The summed E-state index contributed by atoms with van der Waals surface area (Å²) in [5, 5.41) is 22.2. The lowest BCUT2D eigenvalue weighted by molar-refractivity contribution is -0.384. The molecule has 2 aromatic carbocycles. The summed E-state index contributed by atoms with van der Waals surface area (Å²) in [5.41, 5.74) is 2.85. The van der Waals surface area contributed by atoms with E-state index >= 15 is 0 Å². The fourth-order valence-electron chi connectivity index (χ4n) is 3.84. The minimum Gasteiger partial charge on any atom is -0.296 e. The van der Waals surface area contributed by atoms with Gasteiger partial charge in [-0.3, -0.25) is 20.2 Å². The number of amides is 1. The van der Waals surface area contributed by atoms with Crippen molar-refractivity contribution in [1.29, 1.82) is 0 Å². The number of nitrogens with one attached hydrogen (secondary N) is 1. The Labute approximate surface area is 186 Å². The molecule has 0 spiro atoms. The van der Waals surface area contributed by atoms with Gasteiger partial charge in [0.1, 0.15) is 0 Å². The number of thiazole rings is 1. The third-order valence-corrected chi connectivity index (χ3v) is 6.50. The molecular formula is C22H18N6O3S. The van der Waals surface area contributed by atoms with Gasteiger partial charge in [0, 0.05) is 17.0 Å². The number of rotatable bonds is 5. The van der Waals surface area contributed by atoms with Crippen LogP contribution < -0.4 is 5.32 Å². The van der Waals surface area contributed by atoms with Crippen molar-refractivity contribution in [1.82, 2.24) is 20.0 Å². The topological polar surface area (TPSA) is 116 Å². The number of fused-ring (bicyclic) bond motifs is 1. The van der Waals surface area contributed by atoms with E-state index in [9.17, 15) is 14.9 Å². The minimum absolute atomic E-state index is 0.0637. The van der Waals surface area contributed by atoms with Gasteiger partial charge in [-0.25, -0.2) is 9.67 Å². The van der Waals surface area contributed by atoms with Crippen LogP contribution >= 0.6 is 11.3 Å². The van der Waals surface area contributed by atoms with Crippen molar-refractivity contribution in [2.45, 2.75) is 25.2 Å². The Morgan fingerprint density at radius 2 is 2.03 bits per heavy atom. The quantitative estimate of drug-likeness (QED) is 0.364. The molecule has 32 heavy (non-hydrogen) atoms. The van der Waals surface area contributed by atoms with Crippen LogP contribution in [0.25, 0.3) is 5.69 Å². The van der Waals surface area contributed by atoms with Crippen LogP contribution in [0, 0.1) is 10.1 Å². The van der Waals surface area contributed by atoms with Gasteiger partial charge >= 0.3 is 0 Å². The van der Waals surface area contributed by atoms with Gasteiger partial charge in [0.2, 0.25) is 0 Å². The van der Waals surface area contributed by atoms with Crippen LogP contribution in [0.1, 0.15) is 39.0 Å². The number of non-ortho nitro benzene ring substituents is 1. The molecule has 0 bridgehead atoms. The number of hydrogen-bond donors (Lipinski definition) is 1. The smallest absolute Gasteiger partial charge is 0.279 e. The van der Waals surface area contributed by atoms with Gasteiger partial charge in [0.25, 0.3) is 11.6 Å². The van der Waals surface area contributed by atoms with Crippen LogP contribution in [0.2, 0.25) is 0 Å². The van der Waals surface area contributed by atoms with E-state index in [1.54, 1.807) is 12.1 Å². The molecule has 1 aliphatic carbocycles. The van der Waals surface area contributed by atoms with Crippen molar-refractivity contribution in [3.05, 3.63) is 92.7 Å².